The van der Waals surface area contributed by atoms with Crippen LogP contribution in [-0.2, 0) is 26.4 Å². The van der Waals surface area contributed by atoms with Crippen molar-refractivity contribution in [3.05, 3.63) is 113 Å². The van der Waals surface area contributed by atoms with E-state index in [1.807, 2.05) is 36.0 Å². The highest BCUT2D eigenvalue weighted by molar-refractivity contribution is 5.95. The number of amides is 1. The number of aryl methyl sites for hydroxylation is 2. The SMILES string of the molecule is CCc1cccc(CNCC(O)C(Cc2cc(F)cc(F)c2)NC(=O)c2cccc(-c3nccn3C)c2)c1. The van der Waals surface area contributed by atoms with E-state index in [2.05, 4.69) is 34.7 Å². The molecule has 4 rings (SSSR count). The van der Waals surface area contributed by atoms with Gasteiger partial charge in [0.05, 0.1) is 12.1 Å². The number of hydrogen-bond acceptors (Lipinski definition) is 4. The first kappa shape index (κ1) is 27.2. The number of imidazole rings is 1. The van der Waals surface area contributed by atoms with Gasteiger partial charge < -0.3 is 20.3 Å². The Hall–Kier alpha value is -3.88. The number of halogens is 2. The van der Waals surface area contributed by atoms with Crippen LogP contribution < -0.4 is 10.6 Å². The number of aromatic nitrogens is 2. The molecule has 0 radical (unpaired) electrons. The Morgan fingerprint density at radius 2 is 1.74 bits per heavy atom. The molecule has 0 fully saturated rings. The maximum Gasteiger partial charge on any atom is 0.251 e. The molecule has 3 N–H and O–H groups in total. The van der Waals surface area contributed by atoms with E-state index < -0.39 is 29.7 Å². The Morgan fingerprint density at radius 1 is 1.00 bits per heavy atom. The number of rotatable bonds is 11. The standard InChI is InChI=1S/C30H32F2N4O2/c1-3-20-6-4-7-21(12-20)18-33-19-28(37)27(15-22-13-25(31)17-26(32)14-22)35-30(38)24-9-5-8-23(16-24)29-34-10-11-36(29)2/h4-14,16-17,27-28,33,37H,3,15,18-19H2,1-2H3,(H,35,38). The molecule has 0 saturated heterocycles. The molecule has 0 bridgehead atoms. The van der Waals surface area contributed by atoms with Crippen LogP contribution in [0.3, 0.4) is 0 Å². The quantitative estimate of drug-likeness (QED) is 0.275. The zero-order valence-electron chi connectivity index (χ0n) is 21.5. The van der Waals surface area contributed by atoms with Crippen LogP contribution in [0.5, 0.6) is 0 Å². The van der Waals surface area contributed by atoms with Crippen molar-refractivity contribution in [3.8, 4) is 11.4 Å². The molecule has 1 amide bonds. The summed E-state index contributed by atoms with van der Waals surface area (Å²) in [5, 5.41) is 17.1. The van der Waals surface area contributed by atoms with Gasteiger partial charge in [0, 0.05) is 49.7 Å². The monoisotopic (exact) mass is 518 g/mol. The van der Waals surface area contributed by atoms with Crippen LogP contribution in [0.4, 0.5) is 8.78 Å². The van der Waals surface area contributed by atoms with Crippen molar-refractivity contribution in [1.82, 2.24) is 20.2 Å². The maximum absolute atomic E-state index is 13.9. The molecular formula is C30H32F2N4O2. The van der Waals surface area contributed by atoms with Crippen LogP contribution in [0.2, 0.25) is 0 Å². The van der Waals surface area contributed by atoms with Crippen molar-refractivity contribution < 1.29 is 18.7 Å². The van der Waals surface area contributed by atoms with Gasteiger partial charge >= 0.3 is 0 Å². The van der Waals surface area contributed by atoms with E-state index in [9.17, 15) is 18.7 Å². The molecule has 0 saturated carbocycles. The van der Waals surface area contributed by atoms with Gasteiger partial charge in [0.1, 0.15) is 17.5 Å². The molecule has 0 aliphatic heterocycles. The van der Waals surface area contributed by atoms with Crippen molar-refractivity contribution in [1.29, 1.82) is 0 Å². The smallest absolute Gasteiger partial charge is 0.251 e. The highest BCUT2D eigenvalue weighted by Gasteiger charge is 2.23. The number of benzene rings is 3. The second kappa shape index (κ2) is 12.6. The fourth-order valence-corrected chi connectivity index (χ4v) is 4.43. The Kier molecular flexibility index (Phi) is 8.99. The summed E-state index contributed by atoms with van der Waals surface area (Å²) in [5.41, 5.74) is 3.79. The molecule has 8 heteroatoms. The second-order valence-electron chi connectivity index (χ2n) is 9.38. The summed E-state index contributed by atoms with van der Waals surface area (Å²) >= 11 is 0. The molecule has 4 aromatic rings. The van der Waals surface area contributed by atoms with Crippen LogP contribution in [0.1, 0.15) is 34.0 Å². The number of nitrogens with one attached hydrogen (secondary N) is 2. The lowest BCUT2D eigenvalue weighted by molar-refractivity contribution is 0.0830. The molecule has 2 atom stereocenters. The lowest BCUT2D eigenvalue weighted by Crippen LogP contribution is -2.48. The highest BCUT2D eigenvalue weighted by atomic mass is 19.1. The normalized spacial score (nSPS) is 12.8. The fourth-order valence-electron chi connectivity index (χ4n) is 4.43. The van der Waals surface area contributed by atoms with Crippen molar-refractivity contribution in [2.75, 3.05) is 6.54 Å². The van der Waals surface area contributed by atoms with Crippen molar-refractivity contribution in [3.63, 3.8) is 0 Å². The van der Waals surface area contributed by atoms with Gasteiger partial charge in [0.25, 0.3) is 5.91 Å². The van der Waals surface area contributed by atoms with Crippen LogP contribution in [0, 0.1) is 11.6 Å². The van der Waals surface area contributed by atoms with E-state index in [0.29, 0.717) is 23.5 Å². The summed E-state index contributed by atoms with van der Waals surface area (Å²) in [6, 6.07) is 17.6. The number of nitrogens with zero attached hydrogens (tertiary/aromatic N) is 2. The first-order valence-electron chi connectivity index (χ1n) is 12.6. The Morgan fingerprint density at radius 3 is 2.45 bits per heavy atom. The molecule has 198 valence electrons. The number of carbonyl (C=O) groups excluding carboxylic acids is 1. The number of aliphatic hydroxyl groups excluding tert-OH is 1. The predicted octanol–water partition coefficient (Wildman–Crippen LogP) is 4.42. The van der Waals surface area contributed by atoms with Gasteiger partial charge in [0.15, 0.2) is 0 Å². The van der Waals surface area contributed by atoms with Gasteiger partial charge in [-0.2, -0.15) is 0 Å². The predicted molar refractivity (Wildman–Crippen MR) is 143 cm³/mol. The molecular weight excluding hydrogens is 486 g/mol. The third kappa shape index (κ3) is 7.12. The maximum atomic E-state index is 13.9. The molecule has 2 unspecified atom stereocenters. The number of carbonyl (C=O) groups is 1. The molecule has 1 heterocycles. The molecule has 0 spiro atoms. The third-order valence-electron chi connectivity index (χ3n) is 6.45. The summed E-state index contributed by atoms with van der Waals surface area (Å²) in [6.45, 7) is 2.79. The van der Waals surface area contributed by atoms with Gasteiger partial charge in [-0.15, -0.1) is 0 Å². The Bertz CT molecular complexity index is 1370. The minimum absolute atomic E-state index is 0.0492. The first-order chi connectivity index (χ1) is 18.3. The van der Waals surface area contributed by atoms with Crippen molar-refractivity contribution in [2.45, 2.75) is 38.5 Å². The van der Waals surface area contributed by atoms with Crippen molar-refractivity contribution >= 4 is 5.91 Å². The minimum Gasteiger partial charge on any atom is -0.390 e. The molecule has 0 aliphatic rings. The van der Waals surface area contributed by atoms with Gasteiger partial charge in [-0.3, -0.25) is 4.79 Å². The number of hydrogen-bond donors (Lipinski definition) is 3. The van der Waals surface area contributed by atoms with Gasteiger partial charge in [0.2, 0.25) is 0 Å². The topological polar surface area (TPSA) is 79.2 Å². The molecule has 6 nitrogen and oxygen atoms in total. The van der Waals surface area contributed by atoms with E-state index in [4.69, 9.17) is 0 Å². The molecule has 38 heavy (non-hydrogen) atoms. The van der Waals surface area contributed by atoms with E-state index in [0.717, 1.165) is 23.6 Å². The molecule has 1 aromatic heterocycles. The van der Waals surface area contributed by atoms with E-state index in [1.165, 1.54) is 17.7 Å². The van der Waals surface area contributed by atoms with Gasteiger partial charge in [-0.25, -0.2) is 13.8 Å². The highest BCUT2D eigenvalue weighted by Crippen LogP contribution is 2.19. The van der Waals surface area contributed by atoms with Crippen LogP contribution in [0.15, 0.2) is 79.1 Å². The van der Waals surface area contributed by atoms with Crippen LogP contribution in [-0.4, -0.2) is 39.3 Å². The van der Waals surface area contributed by atoms with Gasteiger partial charge in [-0.1, -0.05) is 43.3 Å². The minimum atomic E-state index is -1.02. The zero-order chi connectivity index (χ0) is 27.1. The van der Waals surface area contributed by atoms with Crippen LogP contribution in [0.25, 0.3) is 11.4 Å². The Labute approximate surface area is 221 Å². The van der Waals surface area contributed by atoms with E-state index in [1.54, 1.807) is 24.4 Å². The molecule has 0 aliphatic carbocycles. The lowest BCUT2D eigenvalue weighted by atomic mass is 9.99. The largest absolute Gasteiger partial charge is 0.390 e. The van der Waals surface area contributed by atoms with Gasteiger partial charge in [-0.05, 0) is 53.8 Å². The second-order valence-corrected chi connectivity index (χ2v) is 9.38. The average Bonchev–Trinajstić information content (AvgIpc) is 3.33. The lowest BCUT2D eigenvalue weighted by Gasteiger charge is -2.25. The third-order valence-corrected chi connectivity index (χ3v) is 6.45. The fraction of sp³-hybridized carbons (Fsp3) is 0.267. The van der Waals surface area contributed by atoms with Crippen molar-refractivity contribution in [2.24, 2.45) is 7.05 Å². The zero-order valence-corrected chi connectivity index (χ0v) is 21.5. The summed E-state index contributed by atoms with van der Waals surface area (Å²) in [5.74, 6) is -1.12. The Balaban J connectivity index is 1.49. The average molecular weight is 519 g/mol. The summed E-state index contributed by atoms with van der Waals surface area (Å²) in [4.78, 5) is 17.6. The van der Waals surface area contributed by atoms with E-state index in [-0.39, 0.29) is 13.0 Å². The first-order valence-corrected chi connectivity index (χ1v) is 12.6. The molecule has 3 aromatic carbocycles. The van der Waals surface area contributed by atoms with E-state index >= 15 is 0 Å². The van der Waals surface area contributed by atoms with Crippen LogP contribution >= 0.6 is 0 Å². The summed E-state index contributed by atoms with van der Waals surface area (Å²) in [6.07, 6.45) is 3.46. The summed E-state index contributed by atoms with van der Waals surface area (Å²) in [7, 11) is 1.87. The number of aliphatic hydroxyl groups is 1. The summed E-state index contributed by atoms with van der Waals surface area (Å²) < 4.78 is 29.6.